The molecule has 104 valence electrons. The predicted octanol–water partition coefficient (Wildman–Crippen LogP) is 4.19. The number of hydrogen-bond acceptors (Lipinski definition) is 4. The fourth-order valence-corrected chi connectivity index (χ4v) is 2.68. The van der Waals surface area contributed by atoms with Crippen LogP contribution in [-0.4, -0.2) is 4.98 Å². The van der Waals surface area contributed by atoms with Crippen molar-refractivity contribution in [3.63, 3.8) is 0 Å². The van der Waals surface area contributed by atoms with Crippen molar-refractivity contribution in [1.82, 2.24) is 10.3 Å². The molecule has 1 N–H and O–H groups in total. The number of rotatable bonds is 4. The van der Waals surface area contributed by atoms with Crippen LogP contribution in [0, 0.1) is 6.92 Å². The molecule has 0 spiro atoms. The van der Waals surface area contributed by atoms with Crippen LogP contribution in [0.4, 0.5) is 0 Å². The number of aromatic nitrogens is 1. The number of thiazole rings is 1. The molecule has 1 unspecified atom stereocenters. The standard InChI is InChI=1S/C15H22N2OS/c1-10-6-7-13(18-10)11(2)16-8-12-9-19-14(17-12)15(3,4)5/h6-7,9,11,16H,8H2,1-5H3. The van der Waals surface area contributed by atoms with Gasteiger partial charge < -0.3 is 9.73 Å². The lowest BCUT2D eigenvalue weighted by Gasteiger charge is -2.14. The maximum atomic E-state index is 5.61. The Balaban J connectivity index is 1.94. The van der Waals surface area contributed by atoms with Crippen LogP contribution < -0.4 is 5.32 Å². The van der Waals surface area contributed by atoms with E-state index in [2.05, 4.69) is 43.4 Å². The highest BCUT2D eigenvalue weighted by Gasteiger charge is 2.18. The summed E-state index contributed by atoms with van der Waals surface area (Å²) < 4.78 is 5.61. The van der Waals surface area contributed by atoms with Crippen molar-refractivity contribution in [2.45, 2.75) is 52.6 Å². The molecule has 19 heavy (non-hydrogen) atoms. The monoisotopic (exact) mass is 278 g/mol. The summed E-state index contributed by atoms with van der Waals surface area (Å²) in [5, 5.41) is 6.76. The van der Waals surface area contributed by atoms with E-state index < -0.39 is 0 Å². The van der Waals surface area contributed by atoms with Crippen LogP contribution in [0.25, 0.3) is 0 Å². The minimum atomic E-state index is 0.132. The summed E-state index contributed by atoms with van der Waals surface area (Å²) in [6, 6.07) is 4.22. The van der Waals surface area contributed by atoms with Gasteiger partial charge in [0.15, 0.2) is 0 Å². The van der Waals surface area contributed by atoms with Crippen molar-refractivity contribution in [2.75, 3.05) is 0 Å². The summed E-state index contributed by atoms with van der Waals surface area (Å²) in [6.07, 6.45) is 0. The lowest BCUT2D eigenvalue weighted by atomic mass is 9.98. The van der Waals surface area contributed by atoms with Crippen LogP contribution in [0.1, 0.15) is 56.0 Å². The van der Waals surface area contributed by atoms with Gasteiger partial charge in [0.1, 0.15) is 11.5 Å². The molecule has 0 aliphatic heterocycles. The Morgan fingerprint density at radius 3 is 2.63 bits per heavy atom. The zero-order valence-electron chi connectivity index (χ0n) is 12.3. The van der Waals surface area contributed by atoms with E-state index in [1.54, 1.807) is 11.3 Å². The summed E-state index contributed by atoms with van der Waals surface area (Å²) in [5.74, 6) is 1.93. The fourth-order valence-electron chi connectivity index (χ4n) is 1.78. The van der Waals surface area contributed by atoms with Gasteiger partial charge in [-0.05, 0) is 26.0 Å². The van der Waals surface area contributed by atoms with Crippen molar-refractivity contribution in [1.29, 1.82) is 0 Å². The molecule has 4 heteroatoms. The Morgan fingerprint density at radius 1 is 1.37 bits per heavy atom. The van der Waals surface area contributed by atoms with Crippen molar-refractivity contribution >= 4 is 11.3 Å². The first-order valence-corrected chi connectivity index (χ1v) is 7.49. The SMILES string of the molecule is Cc1ccc(C(C)NCc2csc(C(C)(C)C)n2)o1. The second-order valence-electron chi connectivity index (χ2n) is 5.94. The van der Waals surface area contributed by atoms with Gasteiger partial charge in [-0.1, -0.05) is 20.8 Å². The van der Waals surface area contributed by atoms with Crippen LogP contribution in [0.2, 0.25) is 0 Å². The van der Waals surface area contributed by atoms with Crippen LogP contribution in [0.3, 0.4) is 0 Å². The van der Waals surface area contributed by atoms with Gasteiger partial charge >= 0.3 is 0 Å². The Labute approximate surface area is 119 Å². The van der Waals surface area contributed by atoms with Crippen molar-refractivity contribution in [3.8, 4) is 0 Å². The van der Waals surface area contributed by atoms with Gasteiger partial charge in [0.2, 0.25) is 0 Å². The second-order valence-corrected chi connectivity index (χ2v) is 6.80. The highest BCUT2D eigenvalue weighted by atomic mass is 32.1. The first-order chi connectivity index (χ1) is 8.86. The lowest BCUT2D eigenvalue weighted by molar-refractivity contribution is 0.414. The van der Waals surface area contributed by atoms with Crippen molar-refractivity contribution < 1.29 is 4.42 Å². The van der Waals surface area contributed by atoms with Gasteiger partial charge in [0.25, 0.3) is 0 Å². The van der Waals surface area contributed by atoms with Crippen LogP contribution in [0.5, 0.6) is 0 Å². The third-order valence-electron chi connectivity index (χ3n) is 2.97. The third-order valence-corrected chi connectivity index (χ3v) is 4.29. The molecule has 0 saturated carbocycles. The van der Waals surface area contributed by atoms with E-state index in [0.717, 1.165) is 23.8 Å². The molecular formula is C15H22N2OS. The van der Waals surface area contributed by atoms with Crippen molar-refractivity contribution in [3.05, 3.63) is 39.7 Å². The Morgan fingerprint density at radius 2 is 2.11 bits per heavy atom. The molecule has 1 atom stereocenters. The highest BCUT2D eigenvalue weighted by Crippen LogP contribution is 2.25. The average molecular weight is 278 g/mol. The molecular weight excluding hydrogens is 256 g/mol. The smallest absolute Gasteiger partial charge is 0.120 e. The first-order valence-electron chi connectivity index (χ1n) is 6.61. The fraction of sp³-hybridized carbons (Fsp3) is 0.533. The number of aryl methyl sites for hydroxylation is 1. The van der Waals surface area contributed by atoms with Gasteiger partial charge in [0.05, 0.1) is 16.7 Å². The molecule has 3 nitrogen and oxygen atoms in total. The molecule has 0 aromatic carbocycles. The number of nitrogens with zero attached hydrogens (tertiary/aromatic N) is 1. The van der Waals surface area contributed by atoms with E-state index in [1.807, 2.05) is 19.1 Å². The van der Waals surface area contributed by atoms with E-state index >= 15 is 0 Å². The van der Waals surface area contributed by atoms with Gasteiger partial charge in [-0.2, -0.15) is 0 Å². The quantitative estimate of drug-likeness (QED) is 0.911. The highest BCUT2D eigenvalue weighted by molar-refractivity contribution is 7.09. The van der Waals surface area contributed by atoms with E-state index in [0.29, 0.717) is 0 Å². The minimum absolute atomic E-state index is 0.132. The molecule has 0 bridgehead atoms. The van der Waals surface area contributed by atoms with Gasteiger partial charge in [0, 0.05) is 17.3 Å². The number of hydrogen-bond donors (Lipinski definition) is 1. The number of nitrogens with one attached hydrogen (secondary N) is 1. The topological polar surface area (TPSA) is 38.1 Å². The molecule has 0 aliphatic carbocycles. The summed E-state index contributed by atoms with van der Waals surface area (Å²) >= 11 is 1.73. The zero-order chi connectivity index (χ0) is 14.0. The van der Waals surface area contributed by atoms with Crippen LogP contribution >= 0.6 is 11.3 Å². The van der Waals surface area contributed by atoms with Crippen molar-refractivity contribution in [2.24, 2.45) is 0 Å². The lowest BCUT2D eigenvalue weighted by Crippen LogP contribution is -2.18. The molecule has 2 aromatic rings. The summed E-state index contributed by atoms with van der Waals surface area (Å²) in [5.41, 5.74) is 1.23. The number of furan rings is 1. The Kier molecular flexibility index (Phi) is 4.11. The molecule has 2 heterocycles. The van der Waals surface area contributed by atoms with Gasteiger partial charge in [-0.15, -0.1) is 11.3 Å². The molecule has 2 aromatic heterocycles. The predicted molar refractivity (Wildman–Crippen MR) is 79.5 cm³/mol. The van der Waals surface area contributed by atoms with Gasteiger partial charge in [-0.3, -0.25) is 0 Å². The molecule has 2 rings (SSSR count). The summed E-state index contributed by atoms with van der Waals surface area (Å²) in [6.45, 7) is 11.4. The van der Waals surface area contributed by atoms with E-state index in [1.165, 1.54) is 5.01 Å². The molecule has 0 fully saturated rings. The van der Waals surface area contributed by atoms with E-state index in [4.69, 9.17) is 4.42 Å². The minimum Gasteiger partial charge on any atom is -0.465 e. The third kappa shape index (κ3) is 3.67. The Hall–Kier alpha value is -1.13. The average Bonchev–Trinajstić information content (AvgIpc) is 2.93. The molecule has 0 radical (unpaired) electrons. The van der Waals surface area contributed by atoms with E-state index in [9.17, 15) is 0 Å². The second kappa shape index (κ2) is 5.47. The first kappa shape index (κ1) is 14.3. The van der Waals surface area contributed by atoms with Crippen LogP contribution in [-0.2, 0) is 12.0 Å². The summed E-state index contributed by atoms with van der Waals surface area (Å²) in [4.78, 5) is 4.68. The largest absolute Gasteiger partial charge is 0.465 e. The maximum absolute atomic E-state index is 5.61. The molecule has 0 saturated heterocycles. The zero-order valence-corrected chi connectivity index (χ0v) is 13.1. The van der Waals surface area contributed by atoms with Crippen LogP contribution in [0.15, 0.2) is 21.9 Å². The molecule has 0 aliphatic rings. The normalized spacial score (nSPS) is 13.7. The van der Waals surface area contributed by atoms with Gasteiger partial charge in [-0.25, -0.2) is 4.98 Å². The molecule has 0 amide bonds. The van der Waals surface area contributed by atoms with E-state index in [-0.39, 0.29) is 11.5 Å². The summed E-state index contributed by atoms with van der Waals surface area (Å²) in [7, 11) is 0. The maximum Gasteiger partial charge on any atom is 0.120 e. The Bertz CT molecular complexity index is 536.